The van der Waals surface area contributed by atoms with Crippen LogP contribution < -0.4 is 10.6 Å². The summed E-state index contributed by atoms with van der Waals surface area (Å²) >= 11 is 0. The van der Waals surface area contributed by atoms with Gasteiger partial charge < -0.3 is 15.4 Å². The number of rotatable bonds is 4. The number of nitrogens with two attached hydrogens (primary N) is 1. The van der Waals surface area contributed by atoms with E-state index in [1.165, 1.54) is 6.07 Å². The predicted octanol–water partition coefficient (Wildman–Crippen LogP) is 2.85. The molecule has 1 heterocycles. The fourth-order valence-corrected chi connectivity index (χ4v) is 2.78. The summed E-state index contributed by atoms with van der Waals surface area (Å²) in [6.07, 6.45) is 2.38. The molecular formula is C15H23FN2O. The summed E-state index contributed by atoms with van der Waals surface area (Å²) in [6.45, 7) is 6.31. The highest BCUT2D eigenvalue weighted by Crippen LogP contribution is 2.30. The molecule has 0 aliphatic carbocycles. The molecule has 1 aromatic rings. The Hall–Kier alpha value is -1.13. The van der Waals surface area contributed by atoms with Crippen LogP contribution in [0.1, 0.15) is 38.3 Å². The van der Waals surface area contributed by atoms with Gasteiger partial charge in [-0.15, -0.1) is 0 Å². The number of ether oxygens (including phenoxy) is 1. The van der Waals surface area contributed by atoms with E-state index in [0.717, 1.165) is 38.2 Å². The summed E-state index contributed by atoms with van der Waals surface area (Å²) < 4.78 is 19.7. The van der Waals surface area contributed by atoms with E-state index >= 15 is 0 Å². The summed E-state index contributed by atoms with van der Waals surface area (Å²) in [6, 6.07) is 4.88. The highest BCUT2D eigenvalue weighted by molar-refractivity contribution is 5.56. The van der Waals surface area contributed by atoms with Crippen molar-refractivity contribution in [3.05, 3.63) is 29.6 Å². The number of hydrogen-bond acceptors (Lipinski definition) is 3. The molecule has 0 amide bonds. The minimum absolute atomic E-state index is 0.217. The first kappa shape index (κ1) is 14.3. The van der Waals surface area contributed by atoms with Crippen LogP contribution in [0.25, 0.3) is 0 Å². The summed E-state index contributed by atoms with van der Waals surface area (Å²) in [4.78, 5) is 2.20. The molecule has 1 aliphatic heterocycles. The predicted molar refractivity (Wildman–Crippen MR) is 75.9 cm³/mol. The first-order valence-electron chi connectivity index (χ1n) is 7.04. The normalized spacial score (nSPS) is 21.5. The van der Waals surface area contributed by atoms with Gasteiger partial charge in [0.2, 0.25) is 0 Å². The van der Waals surface area contributed by atoms with Crippen molar-refractivity contribution < 1.29 is 9.13 Å². The number of anilines is 1. The first-order valence-corrected chi connectivity index (χ1v) is 7.04. The zero-order chi connectivity index (χ0) is 13.8. The Morgan fingerprint density at radius 1 is 1.53 bits per heavy atom. The van der Waals surface area contributed by atoms with E-state index in [0.29, 0.717) is 5.56 Å². The fourth-order valence-electron chi connectivity index (χ4n) is 2.78. The second-order valence-corrected chi connectivity index (χ2v) is 5.13. The zero-order valence-electron chi connectivity index (χ0n) is 11.7. The molecule has 3 nitrogen and oxygen atoms in total. The van der Waals surface area contributed by atoms with Gasteiger partial charge in [0.15, 0.2) is 0 Å². The SMILES string of the molecule is CCOC1CCCN(c2cccc(F)c2C(C)N)C1. The van der Waals surface area contributed by atoms with Gasteiger partial charge in [0.25, 0.3) is 0 Å². The average Bonchev–Trinajstić information content (AvgIpc) is 2.38. The van der Waals surface area contributed by atoms with Gasteiger partial charge in [-0.25, -0.2) is 4.39 Å². The van der Waals surface area contributed by atoms with Gasteiger partial charge in [0.05, 0.1) is 6.10 Å². The summed E-state index contributed by atoms with van der Waals surface area (Å²) in [5.74, 6) is -0.217. The van der Waals surface area contributed by atoms with Crippen LogP contribution in [-0.2, 0) is 4.74 Å². The maximum atomic E-state index is 14.0. The minimum atomic E-state index is -0.302. The quantitative estimate of drug-likeness (QED) is 0.910. The third kappa shape index (κ3) is 3.25. The van der Waals surface area contributed by atoms with Gasteiger partial charge in [-0.1, -0.05) is 6.07 Å². The molecule has 0 bridgehead atoms. The minimum Gasteiger partial charge on any atom is -0.377 e. The Morgan fingerprint density at radius 3 is 3.00 bits per heavy atom. The lowest BCUT2D eigenvalue weighted by Gasteiger charge is -2.35. The monoisotopic (exact) mass is 266 g/mol. The van der Waals surface area contributed by atoms with Gasteiger partial charge in [-0.3, -0.25) is 0 Å². The molecule has 4 heteroatoms. The van der Waals surface area contributed by atoms with E-state index in [4.69, 9.17) is 10.5 Å². The van der Waals surface area contributed by atoms with Crippen LogP contribution in [0.4, 0.5) is 10.1 Å². The molecule has 0 radical (unpaired) electrons. The Labute approximate surface area is 114 Å². The number of benzene rings is 1. The Balaban J connectivity index is 2.23. The molecule has 1 aliphatic rings. The van der Waals surface area contributed by atoms with Crippen molar-refractivity contribution in [3.8, 4) is 0 Å². The number of piperidine rings is 1. The van der Waals surface area contributed by atoms with Gasteiger partial charge in [0, 0.05) is 37.0 Å². The van der Waals surface area contributed by atoms with Crippen LogP contribution in [0, 0.1) is 5.82 Å². The lowest BCUT2D eigenvalue weighted by atomic mass is 10.0. The Kier molecular flexibility index (Phi) is 4.77. The van der Waals surface area contributed by atoms with Crippen molar-refractivity contribution in [3.63, 3.8) is 0 Å². The van der Waals surface area contributed by atoms with Crippen LogP contribution in [-0.4, -0.2) is 25.8 Å². The molecule has 0 aromatic heterocycles. The lowest BCUT2D eigenvalue weighted by Crippen LogP contribution is -2.40. The van der Waals surface area contributed by atoms with Crippen LogP contribution in [0.3, 0.4) is 0 Å². The van der Waals surface area contributed by atoms with Crippen molar-refractivity contribution in [2.75, 3.05) is 24.6 Å². The van der Waals surface area contributed by atoms with E-state index in [1.807, 2.05) is 19.9 Å². The molecule has 19 heavy (non-hydrogen) atoms. The molecule has 1 fully saturated rings. The smallest absolute Gasteiger partial charge is 0.130 e. The van der Waals surface area contributed by atoms with E-state index in [-0.39, 0.29) is 18.0 Å². The number of nitrogens with zero attached hydrogens (tertiary/aromatic N) is 1. The Morgan fingerprint density at radius 2 is 2.32 bits per heavy atom. The van der Waals surface area contributed by atoms with Crippen molar-refractivity contribution in [1.29, 1.82) is 0 Å². The maximum Gasteiger partial charge on any atom is 0.130 e. The number of halogens is 1. The summed E-state index contributed by atoms with van der Waals surface area (Å²) in [5.41, 5.74) is 7.44. The van der Waals surface area contributed by atoms with E-state index < -0.39 is 0 Å². The lowest BCUT2D eigenvalue weighted by molar-refractivity contribution is 0.0526. The fraction of sp³-hybridized carbons (Fsp3) is 0.600. The van der Waals surface area contributed by atoms with Gasteiger partial charge in [-0.2, -0.15) is 0 Å². The highest BCUT2D eigenvalue weighted by atomic mass is 19.1. The molecular weight excluding hydrogens is 243 g/mol. The third-order valence-electron chi connectivity index (χ3n) is 3.61. The molecule has 2 N–H and O–H groups in total. The van der Waals surface area contributed by atoms with Crippen LogP contribution in [0.5, 0.6) is 0 Å². The Bertz CT molecular complexity index is 421. The van der Waals surface area contributed by atoms with Crippen LogP contribution in [0.15, 0.2) is 18.2 Å². The molecule has 0 saturated carbocycles. The van der Waals surface area contributed by atoms with Crippen molar-refractivity contribution in [2.24, 2.45) is 5.73 Å². The second-order valence-electron chi connectivity index (χ2n) is 5.13. The van der Waals surface area contributed by atoms with E-state index in [1.54, 1.807) is 6.07 Å². The van der Waals surface area contributed by atoms with Gasteiger partial charge >= 0.3 is 0 Å². The van der Waals surface area contributed by atoms with E-state index in [2.05, 4.69) is 4.90 Å². The van der Waals surface area contributed by atoms with Crippen molar-refractivity contribution >= 4 is 5.69 Å². The van der Waals surface area contributed by atoms with Gasteiger partial charge in [0.1, 0.15) is 5.82 Å². The largest absolute Gasteiger partial charge is 0.377 e. The van der Waals surface area contributed by atoms with E-state index in [9.17, 15) is 4.39 Å². The average molecular weight is 266 g/mol. The molecule has 106 valence electrons. The molecule has 2 unspecified atom stereocenters. The van der Waals surface area contributed by atoms with Crippen molar-refractivity contribution in [1.82, 2.24) is 0 Å². The highest BCUT2D eigenvalue weighted by Gasteiger charge is 2.24. The standard InChI is InChI=1S/C15H23FN2O/c1-3-19-12-6-5-9-18(10-12)14-8-4-7-13(16)15(14)11(2)17/h4,7-8,11-12H,3,5-6,9-10,17H2,1-2H3. The zero-order valence-corrected chi connectivity index (χ0v) is 11.7. The third-order valence-corrected chi connectivity index (χ3v) is 3.61. The molecule has 2 atom stereocenters. The topological polar surface area (TPSA) is 38.5 Å². The van der Waals surface area contributed by atoms with Crippen molar-refractivity contribution in [2.45, 2.75) is 38.8 Å². The molecule has 2 rings (SSSR count). The first-order chi connectivity index (χ1) is 9.13. The molecule has 1 aromatic carbocycles. The summed E-state index contributed by atoms with van der Waals surface area (Å²) in [7, 11) is 0. The molecule has 0 spiro atoms. The van der Waals surface area contributed by atoms with Gasteiger partial charge in [-0.05, 0) is 38.8 Å². The van der Waals surface area contributed by atoms with Crippen LogP contribution in [0.2, 0.25) is 0 Å². The number of hydrogen-bond donors (Lipinski definition) is 1. The maximum absolute atomic E-state index is 14.0. The van der Waals surface area contributed by atoms with Crippen LogP contribution >= 0.6 is 0 Å². The second kappa shape index (κ2) is 6.35. The molecule has 1 saturated heterocycles. The summed E-state index contributed by atoms with van der Waals surface area (Å²) in [5, 5.41) is 0.